The Morgan fingerprint density at radius 3 is 2.62 bits per heavy atom. The van der Waals surface area contributed by atoms with Gasteiger partial charge in [-0.05, 0) is 6.92 Å². The van der Waals surface area contributed by atoms with E-state index in [1.54, 1.807) is 4.52 Å². The SMILES string of the molecule is Cc1cc(N2CCN(C(=O)C(C)C)CC2)n2ncnc2n1. The monoisotopic (exact) mass is 288 g/mol. The summed E-state index contributed by atoms with van der Waals surface area (Å²) in [5.41, 5.74) is 0.922. The Hall–Kier alpha value is -2.18. The number of hydrogen-bond acceptors (Lipinski definition) is 5. The number of rotatable bonds is 2. The van der Waals surface area contributed by atoms with Crippen molar-refractivity contribution in [3.05, 3.63) is 18.1 Å². The zero-order valence-electron chi connectivity index (χ0n) is 12.7. The fraction of sp³-hybridized carbons (Fsp3) is 0.571. The molecule has 112 valence electrons. The Bertz CT molecular complexity index is 657. The molecule has 2 aromatic rings. The number of piperazine rings is 1. The van der Waals surface area contributed by atoms with Crippen molar-refractivity contribution >= 4 is 17.5 Å². The smallest absolute Gasteiger partial charge is 0.254 e. The van der Waals surface area contributed by atoms with Gasteiger partial charge in [-0.15, -0.1) is 0 Å². The number of aromatic nitrogens is 4. The first-order valence-corrected chi connectivity index (χ1v) is 7.27. The molecule has 1 aliphatic heterocycles. The maximum atomic E-state index is 12.0. The molecule has 0 aromatic carbocycles. The molecule has 3 rings (SSSR count). The van der Waals surface area contributed by atoms with E-state index in [0.717, 1.165) is 37.7 Å². The molecule has 0 atom stereocenters. The van der Waals surface area contributed by atoms with Crippen LogP contribution < -0.4 is 4.90 Å². The summed E-state index contributed by atoms with van der Waals surface area (Å²) in [6.45, 7) is 8.94. The summed E-state index contributed by atoms with van der Waals surface area (Å²) in [7, 11) is 0. The Morgan fingerprint density at radius 1 is 1.24 bits per heavy atom. The fourth-order valence-electron chi connectivity index (χ4n) is 2.66. The zero-order valence-corrected chi connectivity index (χ0v) is 12.7. The second-order valence-corrected chi connectivity index (χ2v) is 5.69. The largest absolute Gasteiger partial charge is 0.353 e. The van der Waals surface area contributed by atoms with Gasteiger partial charge in [0, 0.05) is 43.9 Å². The Kier molecular flexibility index (Phi) is 3.48. The second kappa shape index (κ2) is 5.31. The third kappa shape index (κ3) is 2.55. The van der Waals surface area contributed by atoms with Crippen molar-refractivity contribution < 1.29 is 4.79 Å². The second-order valence-electron chi connectivity index (χ2n) is 5.69. The summed E-state index contributed by atoms with van der Waals surface area (Å²) in [6, 6.07) is 2.02. The molecule has 1 amide bonds. The highest BCUT2D eigenvalue weighted by molar-refractivity contribution is 5.78. The average molecular weight is 288 g/mol. The predicted octanol–water partition coefficient (Wildman–Crippen LogP) is 0.737. The minimum Gasteiger partial charge on any atom is -0.353 e. The van der Waals surface area contributed by atoms with Crippen LogP contribution >= 0.6 is 0 Å². The highest BCUT2D eigenvalue weighted by Crippen LogP contribution is 2.18. The van der Waals surface area contributed by atoms with Crippen LogP contribution in [0, 0.1) is 12.8 Å². The minimum absolute atomic E-state index is 0.0572. The molecule has 21 heavy (non-hydrogen) atoms. The summed E-state index contributed by atoms with van der Waals surface area (Å²) in [5.74, 6) is 1.89. The number of aryl methyl sites for hydroxylation is 1. The van der Waals surface area contributed by atoms with Crippen molar-refractivity contribution in [2.75, 3.05) is 31.1 Å². The van der Waals surface area contributed by atoms with Crippen LogP contribution in [-0.4, -0.2) is 56.6 Å². The number of anilines is 1. The van der Waals surface area contributed by atoms with Crippen molar-refractivity contribution in [2.45, 2.75) is 20.8 Å². The lowest BCUT2D eigenvalue weighted by atomic mass is 10.1. The van der Waals surface area contributed by atoms with Crippen LogP contribution in [0.4, 0.5) is 5.82 Å². The molecule has 1 saturated heterocycles. The summed E-state index contributed by atoms with van der Waals surface area (Å²) >= 11 is 0. The van der Waals surface area contributed by atoms with Crippen LogP contribution in [0.2, 0.25) is 0 Å². The molecule has 0 N–H and O–H groups in total. The molecule has 3 heterocycles. The van der Waals surface area contributed by atoms with Crippen molar-refractivity contribution in [3.63, 3.8) is 0 Å². The van der Waals surface area contributed by atoms with Gasteiger partial charge in [0.1, 0.15) is 12.1 Å². The molecule has 1 fully saturated rings. The van der Waals surface area contributed by atoms with E-state index in [9.17, 15) is 4.79 Å². The van der Waals surface area contributed by atoms with Crippen LogP contribution in [-0.2, 0) is 4.79 Å². The minimum atomic E-state index is 0.0572. The third-order valence-electron chi connectivity index (χ3n) is 3.77. The molecule has 0 bridgehead atoms. The molecule has 0 saturated carbocycles. The molecule has 7 nitrogen and oxygen atoms in total. The van der Waals surface area contributed by atoms with Gasteiger partial charge in [0.15, 0.2) is 0 Å². The van der Waals surface area contributed by atoms with Crippen LogP contribution in [0.3, 0.4) is 0 Å². The van der Waals surface area contributed by atoms with Gasteiger partial charge in [0.2, 0.25) is 5.91 Å². The molecular weight excluding hydrogens is 268 g/mol. The molecular formula is C14H20N6O. The lowest BCUT2D eigenvalue weighted by Gasteiger charge is -2.36. The van der Waals surface area contributed by atoms with Crippen LogP contribution in [0.25, 0.3) is 5.78 Å². The van der Waals surface area contributed by atoms with Gasteiger partial charge in [-0.2, -0.15) is 14.6 Å². The number of amides is 1. The molecule has 0 radical (unpaired) electrons. The Balaban J connectivity index is 1.80. The van der Waals surface area contributed by atoms with E-state index in [-0.39, 0.29) is 11.8 Å². The van der Waals surface area contributed by atoms with Gasteiger partial charge in [0.05, 0.1) is 0 Å². The first-order chi connectivity index (χ1) is 10.1. The van der Waals surface area contributed by atoms with E-state index in [4.69, 9.17) is 0 Å². The lowest BCUT2D eigenvalue weighted by molar-refractivity contribution is -0.134. The lowest BCUT2D eigenvalue weighted by Crippen LogP contribution is -2.50. The number of nitrogens with zero attached hydrogens (tertiary/aromatic N) is 6. The van der Waals surface area contributed by atoms with Crippen molar-refractivity contribution in [2.24, 2.45) is 5.92 Å². The number of carbonyl (C=O) groups is 1. The van der Waals surface area contributed by atoms with Crippen LogP contribution in [0.5, 0.6) is 0 Å². The molecule has 7 heteroatoms. The number of carbonyl (C=O) groups excluding carboxylic acids is 1. The van der Waals surface area contributed by atoms with E-state index in [2.05, 4.69) is 20.0 Å². The quantitative estimate of drug-likeness (QED) is 0.815. The normalized spacial score (nSPS) is 16.0. The maximum Gasteiger partial charge on any atom is 0.254 e. The van der Waals surface area contributed by atoms with Gasteiger partial charge in [0.25, 0.3) is 5.78 Å². The number of hydrogen-bond donors (Lipinski definition) is 0. The van der Waals surface area contributed by atoms with E-state index < -0.39 is 0 Å². The maximum absolute atomic E-state index is 12.0. The fourth-order valence-corrected chi connectivity index (χ4v) is 2.66. The first kappa shape index (κ1) is 13.8. The first-order valence-electron chi connectivity index (χ1n) is 7.27. The molecule has 0 unspecified atom stereocenters. The van der Waals surface area contributed by atoms with E-state index >= 15 is 0 Å². The summed E-state index contributed by atoms with van der Waals surface area (Å²) in [6.07, 6.45) is 1.52. The molecule has 1 aliphatic rings. The average Bonchev–Trinajstić information content (AvgIpc) is 2.93. The van der Waals surface area contributed by atoms with Crippen molar-refractivity contribution in [1.82, 2.24) is 24.5 Å². The topological polar surface area (TPSA) is 66.6 Å². The predicted molar refractivity (Wildman–Crippen MR) is 79.2 cm³/mol. The Labute approximate surface area is 123 Å². The summed E-state index contributed by atoms with van der Waals surface area (Å²) in [4.78, 5) is 24.7. The highest BCUT2D eigenvalue weighted by atomic mass is 16.2. The Morgan fingerprint density at radius 2 is 1.95 bits per heavy atom. The van der Waals surface area contributed by atoms with Gasteiger partial charge >= 0.3 is 0 Å². The zero-order chi connectivity index (χ0) is 15.0. The van der Waals surface area contributed by atoms with Gasteiger partial charge in [-0.25, -0.2) is 4.98 Å². The molecule has 0 aliphatic carbocycles. The van der Waals surface area contributed by atoms with Crippen LogP contribution in [0.1, 0.15) is 19.5 Å². The molecule has 2 aromatic heterocycles. The third-order valence-corrected chi connectivity index (χ3v) is 3.77. The van der Waals surface area contributed by atoms with Gasteiger partial charge < -0.3 is 9.80 Å². The summed E-state index contributed by atoms with van der Waals surface area (Å²) < 4.78 is 1.76. The summed E-state index contributed by atoms with van der Waals surface area (Å²) in [5, 5.41) is 4.24. The van der Waals surface area contributed by atoms with Gasteiger partial charge in [-0.3, -0.25) is 4.79 Å². The van der Waals surface area contributed by atoms with Gasteiger partial charge in [-0.1, -0.05) is 13.8 Å². The highest BCUT2D eigenvalue weighted by Gasteiger charge is 2.24. The van der Waals surface area contributed by atoms with E-state index in [1.165, 1.54) is 6.33 Å². The molecule has 0 spiro atoms. The van der Waals surface area contributed by atoms with E-state index in [0.29, 0.717) is 5.78 Å². The number of fused-ring (bicyclic) bond motifs is 1. The van der Waals surface area contributed by atoms with Crippen molar-refractivity contribution in [3.8, 4) is 0 Å². The van der Waals surface area contributed by atoms with Crippen LogP contribution in [0.15, 0.2) is 12.4 Å². The standard InChI is InChI=1S/C14H20N6O/c1-10(2)13(21)19-6-4-18(5-7-19)12-8-11(3)17-14-15-9-16-20(12)14/h8-10H,4-7H2,1-3H3. The van der Waals surface area contributed by atoms with Crippen molar-refractivity contribution in [1.29, 1.82) is 0 Å². The van der Waals surface area contributed by atoms with E-state index in [1.807, 2.05) is 31.7 Å².